The molecule has 1 aliphatic rings. The second-order valence-corrected chi connectivity index (χ2v) is 7.08. The third kappa shape index (κ3) is 3.40. The number of rotatable bonds is 4. The highest BCUT2D eigenvalue weighted by atomic mass is 16.5. The second kappa shape index (κ2) is 7.89. The molecule has 1 aromatic heterocycles. The average molecular weight is 376 g/mol. The van der Waals surface area contributed by atoms with Crippen LogP contribution < -0.4 is 9.47 Å². The third-order valence-corrected chi connectivity index (χ3v) is 5.42. The van der Waals surface area contributed by atoms with E-state index in [-0.39, 0.29) is 11.8 Å². The van der Waals surface area contributed by atoms with E-state index in [2.05, 4.69) is 23.2 Å². The molecule has 1 fully saturated rings. The Hall–Kier alpha value is -3.08. The SMILES string of the molecule is COc1cccc(OC)c1C(=O)N1CCCC(c2cc3ccccc3cn2)C1. The Labute approximate surface area is 164 Å². The molecule has 2 aromatic carbocycles. The van der Waals surface area contributed by atoms with Crippen molar-refractivity contribution >= 4 is 16.7 Å². The average Bonchev–Trinajstić information content (AvgIpc) is 2.77. The minimum atomic E-state index is -0.0558. The zero-order valence-corrected chi connectivity index (χ0v) is 16.2. The Morgan fingerprint density at radius 1 is 1.04 bits per heavy atom. The fourth-order valence-electron chi connectivity index (χ4n) is 3.95. The van der Waals surface area contributed by atoms with Gasteiger partial charge in [-0.25, -0.2) is 0 Å². The predicted molar refractivity (Wildman–Crippen MR) is 109 cm³/mol. The molecule has 5 heteroatoms. The summed E-state index contributed by atoms with van der Waals surface area (Å²) in [5, 5.41) is 2.32. The zero-order valence-electron chi connectivity index (χ0n) is 16.2. The van der Waals surface area contributed by atoms with Gasteiger partial charge in [-0.2, -0.15) is 0 Å². The van der Waals surface area contributed by atoms with Crippen LogP contribution in [0.1, 0.15) is 34.8 Å². The maximum atomic E-state index is 13.3. The fourth-order valence-corrected chi connectivity index (χ4v) is 3.95. The number of hydrogen-bond acceptors (Lipinski definition) is 4. The minimum absolute atomic E-state index is 0.0558. The standard InChI is InChI=1S/C23H24N2O3/c1-27-20-10-5-11-21(28-2)22(20)23(26)25-12-6-9-18(15-25)19-13-16-7-3-4-8-17(16)14-24-19/h3-5,7-8,10-11,13-14,18H,6,9,12,15H2,1-2H3. The maximum Gasteiger partial charge on any atom is 0.261 e. The molecule has 0 aliphatic carbocycles. The van der Waals surface area contributed by atoms with Crippen LogP contribution in [0.5, 0.6) is 11.5 Å². The van der Waals surface area contributed by atoms with Gasteiger partial charge in [0.1, 0.15) is 17.1 Å². The highest BCUT2D eigenvalue weighted by molar-refractivity contribution is 5.99. The van der Waals surface area contributed by atoms with Crippen LogP contribution in [-0.2, 0) is 0 Å². The highest BCUT2D eigenvalue weighted by Crippen LogP contribution is 2.33. The van der Waals surface area contributed by atoms with Gasteiger partial charge in [-0.3, -0.25) is 9.78 Å². The molecule has 1 amide bonds. The molecular weight excluding hydrogens is 352 g/mol. The first kappa shape index (κ1) is 18.3. The number of amides is 1. The number of pyridine rings is 1. The molecule has 28 heavy (non-hydrogen) atoms. The quantitative estimate of drug-likeness (QED) is 0.682. The minimum Gasteiger partial charge on any atom is -0.496 e. The van der Waals surface area contributed by atoms with Gasteiger partial charge in [-0.1, -0.05) is 30.3 Å². The van der Waals surface area contributed by atoms with Crippen LogP contribution in [-0.4, -0.2) is 43.1 Å². The lowest BCUT2D eigenvalue weighted by Crippen LogP contribution is -2.39. The highest BCUT2D eigenvalue weighted by Gasteiger charge is 2.29. The number of fused-ring (bicyclic) bond motifs is 1. The van der Waals surface area contributed by atoms with Gasteiger partial charge in [-0.15, -0.1) is 0 Å². The van der Waals surface area contributed by atoms with Crippen LogP contribution in [0.15, 0.2) is 54.7 Å². The second-order valence-electron chi connectivity index (χ2n) is 7.08. The molecular formula is C23H24N2O3. The van der Waals surface area contributed by atoms with Crippen molar-refractivity contribution in [1.29, 1.82) is 0 Å². The Bertz CT molecular complexity index is 980. The molecule has 1 unspecified atom stereocenters. The lowest BCUT2D eigenvalue weighted by molar-refractivity contribution is 0.0699. The first-order chi connectivity index (χ1) is 13.7. The smallest absolute Gasteiger partial charge is 0.261 e. The number of hydrogen-bond donors (Lipinski definition) is 0. The summed E-state index contributed by atoms with van der Waals surface area (Å²) in [6.07, 6.45) is 3.90. The van der Waals surface area contributed by atoms with Gasteiger partial charge in [0.2, 0.25) is 0 Å². The van der Waals surface area contributed by atoms with Gasteiger partial charge in [-0.05, 0) is 36.4 Å². The number of likely N-dealkylation sites (tertiary alicyclic amines) is 1. The van der Waals surface area contributed by atoms with Crippen molar-refractivity contribution in [2.45, 2.75) is 18.8 Å². The van der Waals surface area contributed by atoms with Gasteiger partial charge in [0.15, 0.2) is 0 Å². The van der Waals surface area contributed by atoms with E-state index in [0.29, 0.717) is 23.6 Å². The normalized spacial score (nSPS) is 16.8. The van der Waals surface area contributed by atoms with E-state index in [4.69, 9.17) is 9.47 Å². The van der Waals surface area contributed by atoms with Gasteiger partial charge < -0.3 is 14.4 Å². The first-order valence-electron chi connectivity index (χ1n) is 9.56. The van der Waals surface area contributed by atoms with Crippen LogP contribution >= 0.6 is 0 Å². The van der Waals surface area contributed by atoms with Crippen LogP contribution in [0.2, 0.25) is 0 Å². The summed E-state index contributed by atoms with van der Waals surface area (Å²) in [7, 11) is 3.15. The number of nitrogens with zero attached hydrogens (tertiary/aromatic N) is 2. The molecule has 0 spiro atoms. The predicted octanol–water partition coefficient (Wildman–Crippen LogP) is 4.27. The number of methoxy groups -OCH3 is 2. The molecule has 0 N–H and O–H groups in total. The Balaban J connectivity index is 1.61. The molecule has 5 nitrogen and oxygen atoms in total. The van der Waals surface area contributed by atoms with Crippen molar-refractivity contribution in [2.75, 3.05) is 27.3 Å². The monoisotopic (exact) mass is 376 g/mol. The molecule has 3 aromatic rings. The molecule has 0 bridgehead atoms. The number of piperidine rings is 1. The van der Waals surface area contributed by atoms with E-state index in [1.807, 2.05) is 29.3 Å². The number of benzene rings is 2. The van der Waals surface area contributed by atoms with Crippen LogP contribution in [0.25, 0.3) is 10.8 Å². The van der Waals surface area contributed by atoms with E-state index in [9.17, 15) is 4.79 Å². The summed E-state index contributed by atoms with van der Waals surface area (Å²) in [5.74, 6) is 1.24. The Kier molecular flexibility index (Phi) is 5.15. The van der Waals surface area contributed by atoms with Gasteiger partial charge in [0.25, 0.3) is 5.91 Å². The molecule has 4 rings (SSSR count). The van der Waals surface area contributed by atoms with Crippen molar-refractivity contribution in [3.8, 4) is 11.5 Å². The number of carbonyl (C=O) groups is 1. The van der Waals surface area contributed by atoms with Crippen molar-refractivity contribution in [3.63, 3.8) is 0 Å². The summed E-state index contributed by atoms with van der Waals surface area (Å²) in [4.78, 5) is 19.9. The Morgan fingerprint density at radius 2 is 1.75 bits per heavy atom. The Morgan fingerprint density at radius 3 is 2.46 bits per heavy atom. The lowest BCUT2D eigenvalue weighted by atomic mass is 9.92. The van der Waals surface area contributed by atoms with E-state index >= 15 is 0 Å². The zero-order chi connectivity index (χ0) is 19.5. The largest absolute Gasteiger partial charge is 0.496 e. The number of aromatic nitrogens is 1. The summed E-state index contributed by atoms with van der Waals surface area (Å²) >= 11 is 0. The topological polar surface area (TPSA) is 51.7 Å². The third-order valence-electron chi connectivity index (χ3n) is 5.42. The first-order valence-corrected chi connectivity index (χ1v) is 9.56. The summed E-state index contributed by atoms with van der Waals surface area (Å²) in [6, 6.07) is 15.8. The van der Waals surface area contributed by atoms with Crippen molar-refractivity contribution in [1.82, 2.24) is 9.88 Å². The fraction of sp³-hybridized carbons (Fsp3) is 0.304. The molecule has 2 heterocycles. The van der Waals surface area contributed by atoms with E-state index in [0.717, 1.165) is 30.5 Å². The van der Waals surface area contributed by atoms with Crippen molar-refractivity contribution in [3.05, 3.63) is 66.0 Å². The number of ether oxygens (including phenoxy) is 2. The number of carbonyl (C=O) groups excluding carboxylic acids is 1. The van der Waals surface area contributed by atoms with Gasteiger partial charge >= 0.3 is 0 Å². The summed E-state index contributed by atoms with van der Waals surface area (Å²) in [5.41, 5.74) is 1.53. The summed E-state index contributed by atoms with van der Waals surface area (Å²) in [6.45, 7) is 1.37. The van der Waals surface area contributed by atoms with Crippen molar-refractivity contribution in [2.24, 2.45) is 0 Å². The molecule has 144 valence electrons. The van der Waals surface area contributed by atoms with Crippen LogP contribution in [0.4, 0.5) is 0 Å². The van der Waals surface area contributed by atoms with Crippen LogP contribution in [0.3, 0.4) is 0 Å². The molecule has 1 aliphatic heterocycles. The van der Waals surface area contributed by atoms with Gasteiger partial charge in [0.05, 0.1) is 14.2 Å². The van der Waals surface area contributed by atoms with E-state index in [1.54, 1.807) is 26.4 Å². The van der Waals surface area contributed by atoms with Crippen LogP contribution in [0, 0.1) is 0 Å². The molecule has 0 saturated carbocycles. The van der Waals surface area contributed by atoms with E-state index in [1.165, 1.54) is 5.39 Å². The van der Waals surface area contributed by atoms with Gasteiger partial charge in [0, 0.05) is 36.3 Å². The molecule has 1 atom stereocenters. The van der Waals surface area contributed by atoms with Crippen molar-refractivity contribution < 1.29 is 14.3 Å². The molecule has 0 radical (unpaired) electrons. The summed E-state index contributed by atoms with van der Waals surface area (Å²) < 4.78 is 10.8. The maximum absolute atomic E-state index is 13.3. The lowest BCUT2D eigenvalue weighted by Gasteiger charge is -2.33. The molecule has 1 saturated heterocycles. The van der Waals surface area contributed by atoms with E-state index < -0.39 is 0 Å².